The summed E-state index contributed by atoms with van der Waals surface area (Å²) in [5, 5.41) is 8.86. The second-order valence-electron chi connectivity index (χ2n) is 4.42. The van der Waals surface area contributed by atoms with Gasteiger partial charge in [0, 0.05) is 18.7 Å². The first kappa shape index (κ1) is 12.5. The molecule has 0 radical (unpaired) electrons. The first-order valence-corrected chi connectivity index (χ1v) is 5.85. The molecule has 5 heteroatoms. The summed E-state index contributed by atoms with van der Waals surface area (Å²) in [5.41, 5.74) is 0.309. The molecule has 1 amide bonds. The molecule has 0 spiro atoms. The van der Waals surface area contributed by atoms with Gasteiger partial charge >= 0.3 is 5.97 Å². The third kappa shape index (κ3) is 2.67. The number of carboxylic acid groups (broad SMARTS) is 1. The van der Waals surface area contributed by atoms with E-state index in [0.717, 1.165) is 0 Å². The SMILES string of the molecule is O=C(O)C1CCN(C(=O)c2cccc(F)c2)CC1. The molecule has 18 heavy (non-hydrogen) atoms. The summed E-state index contributed by atoms with van der Waals surface area (Å²) in [7, 11) is 0. The highest BCUT2D eigenvalue weighted by Crippen LogP contribution is 2.19. The summed E-state index contributed by atoms with van der Waals surface area (Å²) in [4.78, 5) is 24.4. The monoisotopic (exact) mass is 251 g/mol. The summed E-state index contributed by atoms with van der Waals surface area (Å²) < 4.78 is 13.0. The third-order valence-electron chi connectivity index (χ3n) is 3.20. The summed E-state index contributed by atoms with van der Waals surface area (Å²) >= 11 is 0. The van der Waals surface area contributed by atoms with Gasteiger partial charge in [0.25, 0.3) is 5.91 Å². The minimum atomic E-state index is -0.812. The Morgan fingerprint density at radius 3 is 2.50 bits per heavy atom. The number of hydrogen-bond acceptors (Lipinski definition) is 2. The molecule has 0 unspecified atom stereocenters. The predicted octanol–water partition coefficient (Wildman–Crippen LogP) is 1.76. The van der Waals surface area contributed by atoms with Crippen molar-refractivity contribution < 1.29 is 19.1 Å². The second-order valence-corrected chi connectivity index (χ2v) is 4.42. The number of amides is 1. The van der Waals surface area contributed by atoms with Crippen molar-refractivity contribution in [3.63, 3.8) is 0 Å². The molecule has 96 valence electrons. The molecular weight excluding hydrogens is 237 g/mol. The van der Waals surface area contributed by atoms with E-state index in [1.807, 2.05) is 0 Å². The van der Waals surface area contributed by atoms with Crippen LogP contribution in [0.25, 0.3) is 0 Å². The molecule has 1 aromatic carbocycles. The lowest BCUT2D eigenvalue weighted by Crippen LogP contribution is -2.40. The van der Waals surface area contributed by atoms with E-state index in [-0.39, 0.29) is 11.8 Å². The Hall–Kier alpha value is -1.91. The van der Waals surface area contributed by atoms with Crippen molar-refractivity contribution in [1.29, 1.82) is 0 Å². The van der Waals surface area contributed by atoms with Crippen LogP contribution in [-0.4, -0.2) is 35.0 Å². The van der Waals surface area contributed by atoms with E-state index >= 15 is 0 Å². The highest BCUT2D eigenvalue weighted by atomic mass is 19.1. The van der Waals surface area contributed by atoms with Crippen LogP contribution in [0.3, 0.4) is 0 Å². The number of aliphatic carboxylic acids is 1. The number of halogens is 1. The Morgan fingerprint density at radius 1 is 1.28 bits per heavy atom. The summed E-state index contributed by atoms with van der Waals surface area (Å²) in [6.07, 6.45) is 0.910. The minimum Gasteiger partial charge on any atom is -0.481 e. The average molecular weight is 251 g/mol. The number of rotatable bonds is 2. The van der Waals surface area contributed by atoms with Gasteiger partial charge in [-0.1, -0.05) is 6.07 Å². The lowest BCUT2D eigenvalue weighted by molar-refractivity contribution is -0.143. The van der Waals surface area contributed by atoms with E-state index in [1.165, 1.54) is 18.2 Å². The van der Waals surface area contributed by atoms with E-state index in [2.05, 4.69) is 0 Å². The average Bonchev–Trinajstić information content (AvgIpc) is 2.38. The van der Waals surface area contributed by atoms with Crippen molar-refractivity contribution in [2.24, 2.45) is 5.92 Å². The number of nitrogens with zero attached hydrogens (tertiary/aromatic N) is 1. The van der Waals surface area contributed by atoms with E-state index in [9.17, 15) is 14.0 Å². The van der Waals surface area contributed by atoms with Gasteiger partial charge in [-0.3, -0.25) is 9.59 Å². The van der Waals surface area contributed by atoms with Crippen LogP contribution in [-0.2, 0) is 4.79 Å². The fourth-order valence-corrected chi connectivity index (χ4v) is 2.13. The standard InChI is InChI=1S/C13H14FNO3/c14-11-3-1-2-10(8-11)12(16)15-6-4-9(5-7-15)13(17)18/h1-3,8-9H,4-7H2,(H,17,18). The van der Waals surface area contributed by atoms with Crippen LogP contribution in [0.2, 0.25) is 0 Å². The maximum Gasteiger partial charge on any atom is 0.306 e. The fourth-order valence-electron chi connectivity index (χ4n) is 2.13. The van der Waals surface area contributed by atoms with E-state index in [1.54, 1.807) is 11.0 Å². The van der Waals surface area contributed by atoms with Crippen LogP contribution in [0, 0.1) is 11.7 Å². The molecule has 1 fully saturated rings. The van der Waals surface area contributed by atoms with Crippen LogP contribution in [0.4, 0.5) is 4.39 Å². The molecule has 0 saturated carbocycles. The van der Waals surface area contributed by atoms with Crippen LogP contribution >= 0.6 is 0 Å². The number of likely N-dealkylation sites (tertiary alicyclic amines) is 1. The van der Waals surface area contributed by atoms with Crippen LogP contribution in [0.15, 0.2) is 24.3 Å². The molecule has 1 N–H and O–H groups in total. The molecule has 0 bridgehead atoms. The van der Waals surface area contributed by atoms with Crippen molar-refractivity contribution in [1.82, 2.24) is 4.90 Å². The maximum absolute atomic E-state index is 13.0. The first-order chi connectivity index (χ1) is 8.58. The largest absolute Gasteiger partial charge is 0.481 e. The lowest BCUT2D eigenvalue weighted by atomic mass is 9.96. The van der Waals surface area contributed by atoms with E-state index in [4.69, 9.17) is 5.11 Å². The summed E-state index contributed by atoms with van der Waals surface area (Å²) in [6.45, 7) is 0.818. The molecule has 2 rings (SSSR count). The molecule has 1 aliphatic heterocycles. The van der Waals surface area contributed by atoms with Gasteiger partial charge in [0.15, 0.2) is 0 Å². The zero-order chi connectivity index (χ0) is 13.1. The molecule has 0 atom stereocenters. The van der Waals surface area contributed by atoms with Crippen molar-refractivity contribution in [2.75, 3.05) is 13.1 Å². The zero-order valence-electron chi connectivity index (χ0n) is 9.80. The molecule has 1 aliphatic rings. The number of carbonyl (C=O) groups excluding carboxylic acids is 1. The van der Waals surface area contributed by atoms with Crippen LogP contribution in [0.1, 0.15) is 23.2 Å². The van der Waals surface area contributed by atoms with Gasteiger partial charge in [0.1, 0.15) is 5.82 Å². The zero-order valence-corrected chi connectivity index (χ0v) is 9.80. The molecule has 1 aromatic rings. The Bertz CT molecular complexity index is 467. The minimum absolute atomic E-state index is 0.238. The number of hydrogen-bond donors (Lipinski definition) is 1. The van der Waals surface area contributed by atoms with Crippen molar-refractivity contribution in [3.05, 3.63) is 35.6 Å². The second kappa shape index (κ2) is 5.16. The van der Waals surface area contributed by atoms with E-state index < -0.39 is 11.8 Å². The van der Waals surface area contributed by atoms with E-state index in [0.29, 0.717) is 31.5 Å². The molecule has 1 saturated heterocycles. The summed E-state index contributed by atoms with van der Waals surface area (Å²) in [5.74, 6) is -1.87. The number of carbonyl (C=O) groups is 2. The lowest BCUT2D eigenvalue weighted by Gasteiger charge is -2.30. The van der Waals surface area contributed by atoms with Crippen LogP contribution < -0.4 is 0 Å². The van der Waals surface area contributed by atoms with Gasteiger partial charge in [-0.2, -0.15) is 0 Å². The fraction of sp³-hybridized carbons (Fsp3) is 0.385. The van der Waals surface area contributed by atoms with Gasteiger partial charge < -0.3 is 10.0 Å². The Labute approximate surface area is 104 Å². The number of carboxylic acids is 1. The number of benzene rings is 1. The normalized spacial score (nSPS) is 16.6. The Kier molecular flexibility index (Phi) is 3.60. The molecule has 0 aromatic heterocycles. The molecular formula is C13H14FNO3. The first-order valence-electron chi connectivity index (χ1n) is 5.85. The Balaban J connectivity index is 2.02. The van der Waals surface area contributed by atoms with Crippen molar-refractivity contribution >= 4 is 11.9 Å². The molecule has 1 heterocycles. The smallest absolute Gasteiger partial charge is 0.306 e. The van der Waals surface area contributed by atoms with Crippen molar-refractivity contribution in [2.45, 2.75) is 12.8 Å². The predicted molar refractivity (Wildman–Crippen MR) is 62.7 cm³/mol. The van der Waals surface area contributed by atoms with Gasteiger partial charge in [-0.05, 0) is 31.0 Å². The molecule has 0 aliphatic carbocycles. The molecule has 4 nitrogen and oxygen atoms in total. The third-order valence-corrected chi connectivity index (χ3v) is 3.20. The quantitative estimate of drug-likeness (QED) is 0.871. The van der Waals surface area contributed by atoms with Crippen molar-refractivity contribution in [3.8, 4) is 0 Å². The highest BCUT2D eigenvalue weighted by Gasteiger charge is 2.27. The van der Waals surface area contributed by atoms with Gasteiger partial charge in [0.2, 0.25) is 0 Å². The summed E-state index contributed by atoms with van der Waals surface area (Å²) in [6, 6.07) is 5.54. The van der Waals surface area contributed by atoms with Gasteiger partial charge in [-0.15, -0.1) is 0 Å². The maximum atomic E-state index is 13.0. The van der Waals surface area contributed by atoms with Gasteiger partial charge in [0.05, 0.1) is 5.92 Å². The number of piperidine rings is 1. The van der Waals surface area contributed by atoms with Gasteiger partial charge in [-0.25, -0.2) is 4.39 Å². The highest BCUT2D eigenvalue weighted by molar-refractivity contribution is 5.94. The Morgan fingerprint density at radius 2 is 1.94 bits per heavy atom. The topological polar surface area (TPSA) is 57.6 Å². The van der Waals surface area contributed by atoms with Crippen LogP contribution in [0.5, 0.6) is 0 Å².